The maximum absolute atomic E-state index is 9.41. The minimum absolute atomic E-state index is 0.384. The average Bonchev–Trinajstić information content (AvgIpc) is 2.95. The number of para-hydroxylation sites is 1. The third kappa shape index (κ3) is 10.8. The number of carbonyl (C=O) groups excluding carboxylic acids is 4. The number of aliphatic carboxylic acids is 4. The fraction of sp³-hybridized carbons (Fsp3) is 0.207. The van der Waals surface area contributed by atoms with Crippen molar-refractivity contribution in [1.82, 2.24) is 9.88 Å². The topological polar surface area (TPSA) is 180 Å². The van der Waals surface area contributed by atoms with Crippen molar-refractivity contribution >= 4 is 40.6 Å². The number of piperazine rings is 1. The molecule has 210 valence electrons. The summed E-state index contributed by atoms with van der Waals surface area (Å²) < 4.78 is 0. The maximum atomic E-state index is 9.41. The van der Waals surface area contributed by atoms with Crippen LogP contribution in [0, 0.1) is 0 Å². The van der Waals surface area contributed by atoms with E-state index < -0.39 is 23.9 Å². The van der Waals surface area contributed by atoms with Crippen molar-refractivity contribution in [1.29, 1.82) is 0 Å². The minimum atomic E-state index is -1.55. The molecule has 1 fully saturated rings. The van der Waals surface area contributed by atoms with E-state index in [4.69, 9.17) is 4.98 Å². The van der Waals surface area contributed by atoms with Gasteiger partial charge >= 0.3 is 0 Å². The van der Waals surface area contributed by atoms with Gasteiger partial charge in [-0.2, -0.15) is 0 Å². The second kappa shape index (κ2) is 16.0. The summed E-state index contributed by atoms with van der Waals surface area (Å²) in [6.07, 6.45) is 1.54. The first-order valence-corrected chi connectivity index (χ1v) is 12.2. The first-order chi connectivity index (χ1) is 19.1. The van der Waals surface area contributed by atoms with Crippen LogP contribution in [-0.4, -0.2) is 66.5 Å². The second-order valence-corrected chi connectivity index (χ2v) is 8.28. The van der Waals surface area contributed by atoms with E-state index >= 15 is 0 Å². The molecule has 1 saturated heterocycles. The molecule has 3 aromatic rings. The monoisotopic (exact) mass is 545 g/mol. The Bertz CT molecular complexity index is 1300. The van der Waals surface area contributed by atoms with Gasteiger partial charge in [-0.15, -0.1) is 0 Å². The molecule has 0 bridgehead atoms. The van der Waals surface area contributed by atoms with E-state index in [1.807, 2.05) is 0 Å². The number of benzene rings is 2. The molecule has 2 aromatic carbocycles. The number of aromatic nitrogens is 1. The number of carboxylic acid groups (broad SMARTS) is 4. The van der Waals surface area contributed by atoms with Gasteiger partial charge in [0.2, 0.25) is 0 Å². The molecular weight excluding hydrogens is 518 g/mol. The molecule has 11 nitrogen and oxygen atoms in total. The van der Waals surface area contributed by atoms with E-state index in [0.29, 0.717) is 24.3 Å². The molecule has 1 aliphatic rings. The Morgan fingerprint density at radius 3 is 1.68 bits per heavy atom. The lowest BCUT2D eigenvalue weighted by atomic mass is 10.0. The number of hydrogen-bond donors (Lipinski definition) is 0. The van der Waals surface area contributed by atoms with Gasteiger partial charge in [0, 0.05) is 31.6 Å². The molecule has 0 unspecified atom stereocenters. The lowest BCUT2D eigenvalue weighted by molar-refractivity contribution is -0.301. The van der Waals surface area contributed by atoms with Gasteiger partial charge < -0.3 is 49.4 Å². The van der Waals surface area contributed by atoms with Crippen molar-refractivity contribution < 1.29 is 39.6 Å². The van der Waals surface area contributed by atoms with Crippen molar-refractivity contribution in [3.05, 3.63) is 85.0 Å². The number of hydrogen-bond acceptors (Lipinski definition) is 11. The van der Waals surface area contributed by atoms with Crippen LogP contribution in [0.2, 0.25) is 0 Å². The third-order valence-electron chi connectivity index (χ3n) is 5.64. The quantitative estimate of drug-likeness (QED) is 0.303. The Labute approximate surface area is 230 Å². The first kappa shape index (κ1) is 31.2. The van der Waals surface area contributed by atoms with Gasteiger partial charge in [-0.1, -0.05) is 55.5 Å². The lowest BCUT2D eigenvalue weighted by Gasteiger charge is -2.35. The van der Waals surface area contributed by atoms with Crippen molar-refractivity contribution in [2.24, 2.45) is 0 Å². The molecule has 40 heavy (non-hydrogen) atoms. The summed E-state index contributed by atoms with van der Waals surface area (Å²) >= 11 is 0. The molecule has 4 rings (SSSR count). The minimum Gasteiger partial charge on any atom is -0.545 e. The number of likely N-dealkylation sites (N-methyl/N-ethyl adjacent to an activating group) is 1. The molecule has 0 N–H and O–H groups in total. The van der Waals surface area contributed by atoms with Crippen molar-refractivity contribution in [3.8, 4) is 11.1 Å². The SMILES string of the molecule is CCN1CCN(c2cc(-c3ccccc3)c3ccccc3n2)CC1.O=C([O-])/C=C\C(=O)[O-].O=C([O-])/C=C\C(=O)[O-]. The van der Waals surface area contributed by atoms with Gasteiger partial charge in [-0.25, -0.2) is 4.98 Å². The van der Waals surface area contributed by atoms with Crippen LogP contribution in [0.4, 0.5) is 5.82 Å². The predicted molar refractivity (Wildman–Crippen MR) is 140 cm³/mol. The largest absolute Gasteiger partial charge is 0.545 e. The van der Waals surface area contributed by atoms with Crippen LogP contribution in [0.25, 0.3) is 22.0 Å². The molecule has 1 aromatic heterocycles. The van der Waals surface area contributed by atoms with Gasteiger partial charge in [0.25, 0.3) is 0 Å². The zero-order valence-corrected chi connectivity index (χ0v) is 21.7. The van der Waals surface area contributed by atoms with Crippen LogP contribution in [0.1, 0.15) is 6.92 Å². The summed E-state index contributed by atoms with van der Waals surface area (Å²) in [6, 6.07) is 21.3. The van der Waals surface area contributed by atoms with E-state index in [2.05, 4.69) is 77.4 Å². The highest BCUT2D eigenvalue weighted by Crippen LogP contribution is 2.31. The van der Waals surface area contributed by atoms with Crippen molar-refractivity contribution in [3.63, 3.8) is 0 Å². The highest BCUT2D eigenvalue weighted by Gasteiger charge is 2.18. The highest BCUT2D eigenvalue weighted by molar-refractivity contribution is 5.96. The fourth-order valence-electron chi connectivity index (χ4n) is 3.75. The van der Waals surface area contributed by atoms with Crippen molar-refractivity contribution in [2.45, 2.75) is 6.92 Å². The van der Waals surface area contributed by atoms with Gasteiger partial charge in [0.1, 0.15) is 5.82 Å². The Morgan fingerprint density at radius 2 is 1.20 bits per heavy atom. The number of pyridine rings is 1. The van der Waals surface area contributed by atoms with E-state index in [1.165, 1.54) is 16.5 Å². The number of anilines is 1. The number of carboxylic acids is 4. The Kier molecular flexibility index (Phi) is 12.5. The lowest BCUT2D eigenvalue weighted by Crippen LogP contribution is -2.46. The molecule has 2 heterocycles. The van der Waals surface area contributed by atoms with Gasteiger partial charge in [-0.05, 0) is 54.1 Å². The zero-order chi connectivity index (χ0) is 29.5. The summed E-state index contributed by atoms with van der Waals surface area (Å²) in [5.41, 5.74) is 3.60. The number of carbonyl (C=O) groups is 4. The standard InChI is InChI=1S/C21H23N3.2C4H4O4/c1-2-23-12-14-24(15-13-23)21-16-19(17-8-4-3-5-9-17)18-10-6-7-11-20(18)22-21;2*5-3(6)1-2-4(7)8/h3-11,16H,2,12-15H2,1H3;2*1-2H,(H,5,6)(H,7,8)/p-4/b;2*2-1-. The molecule has 0 radical (unpaired) electrons. The number of nitrogens with zero attached hydrogens (tertiary/aromatic N) is 3. The van der Waals surface area contributed by atoms with Crippen LogP contribution in [0.15, 0.2) is 85.0 Å². The van der Waals surface area contributed by atoms with Crippen LogP contribution in [-0.2, 0) is 19.2 Å². The van der Waals surface area contributed by atoms with Gasteiger partial charge in [0.15, 0.2) is 0 Å². The van der Waals surface area contributed by atoms with Crippen LogP contribution < -0.4 is 25.3 Å². The molecule has 0 spiro atoms. The van der Waals surface area contributed by atoms with Gasteiger partial charge in [0.05, 0.1) is 29.4 Å². The molecule has 0 aliphatic carbocycles. The zero-order valence-electron chi connectivity index (χ0n) is 21.7. The third-order valence-corrected chi connectivity index (χ3v) is 5.64. The van der Waals surface area contributed by atoms with E-state index in [0.717, 1.165) is 44.1 Å². The summed E-state index contributed by atoms with van der Waals surface area (Å²) in [6.45, 7) is 7.70. The molecule has 0 atom stereocenters. The predicted octanol–water partition coefficient (Wildman–Crippen LogP) is -1.87. The Hall–Kier alpha value is -5.03. The highest BCUT2D eigenvalue weighted by atomic mass is 16.4. The average molecular weight is 546 g/mol. The Morgan fingerprint density at radius 1 is 0.725 bits per heavy atom. The van der Waals surface area contributed by atoms with Crippen LogP contribution in [0.5, 0.6) is 0 Å². The van der Waals surface area contributed by atoms with Crippen molar-refractivity contribution in [2.75, 3.05) is 37.6 Å². The molecule has 0 amide bonds. The number of fused-ring (bicyclic) bond motifs is 1. The molecule has 11 heteroatoms. The summed E-state index contributed by atoms with van der Waals surface area (Å²) in [5.74, 6) is -5.09. The van der Waals surface area contributed by atoms with Crippen LogP contribution in [0.3, 0.4) is 0 Å². The smallest absolute Gasteiger partial charge is 0.129 e. The van der Waals surface area contributed by atoms with E-state index in [9.17, 15) is 39.6 Å². The Balaban J connectivity index is 0.000000290. The van der Waals surface area contributed by atoms with E-state index in [1.54, 1.807) is 0 Å². The second-order valence-electron chi connectivity index (χ2n) is 8.28. The normalized spacial score (nSPS) is 13.3. The molecule has 0 saturated carbocycles. The fourth-order valence-corrected chi connectivity index (χ4v) is 3.75. The maximum Gasteiger partial charge on any atom is 0.129 e. The van der Waals surface area contributed by atoms with Gasteiger partial charge in [-0.3, -0.25) is 0 Å². The summed E-state index contributed by atoms with van der Waals surface area (Å²) in [7, 11) is 0. The molecular formula is C29H27N3O8-4. The molecule has 1 aliphatic heterocycles. The summed E-state index contributed by atoms with van der Waals surface area (Å²) in [5, 5.41) is 38.9. The first-order valence-electron chi connectivity index (χ1n) is 12.2. The van der Waals surface area contributed by atoms with E-state index in [-0.39, 0.29) is 0 Å². The summed E-state index contributed by atoms with van der Waals surface area (Å²) in [4.78, 5) is 47.5. The van der Waals surface area contributed by atoms with Crippen LogP contribution >= 0.6 is 0 Å². The number of rotatable bonds is 7.